The standard InChI is InChI=1S/C14H28O2S.Na/c1-2-3-4-5-6-7-8-9-10-11-12-13-14-17(15)16;/h13-14H,2-12H2,1H3,(H,15,16);/q;+1/p-1/b14-13+;. The van der Waals surface area contributed by atoms with Crippen LogP contribution in [-0.2, 0) is 11.1 Å². The SMILES string of the molecule is CCCCCCCCCCCC/C=C/S(=O)[O-].[Na+]. The summed E-state index contributed by atoms with van der Waals surface area (Å²) < 4.78 is 20.4. The number of allylic oxidation sites excluding steroid dienone is 1. The van der Waals surface area contributed by atoms with E-state index < -0.39 is 11.1 Å². The molecule has 0 aliphatic carbocycles. The van der Waals surface area contributed by atoms with Crippen LogP contribution in [0.25, 0.3) is 0 Å². The van der Waals surface area contributed by atoms with Crippen molar-refractivity contribution < 1.29 is 38.3 Å². The molecule has 0 amide bonds. The van der Waals surface area contributed by atoms with E-state index in [1.54, 1.807) is 6.08 Å². The van der Waals surface area contributed by atoms with Gasteiger partial charge in [-0.3, -0.25) is 4.21 Å². The van der Waals surface area contributed by atoms with Crippen molar-refractivity contribution in [2.75, 3.05) is 0 Å². The molecule has 0 aliphatic rings. The molecule has 0 saturated carbocycles. The Balaban J connectivity index is 0. The van der Waals surface area contributed by atoms with Crippen molar-refractivity contribution in [2.45, 2.75) is 77.6 Å². The third-order valence-corrected chi connectivity index (χ3v) is 3.35. The van der Waals surface area contributed by atoms with Crippen LogP contribution >= 0.6 is 0 Å². The number of rotatable bonds is 12. The van der Waals surface area contributed by atoms with Gasteiger partial charge in [0.15, 0.2) is 0 Å². The molecule has 0 aromatic rings. The van der Waals surface area contributed by atoms with Crippen molar-refractivity contribution >= 4 is 11.1 Å². The summed E-state index contributed by atoms with van der Waals surface area (Å²) in [5, 5.41) is 1.24. The van der Waals surface area contributed by atoms with E-state index in [0.717, 1.165) is 12.8 Å². The molecule has 0 aromatic heterocycles. The molecule has 1 unspecified atom stereocenters. The van der Waals surface area contributed by atoms with Gasteiger partial charge < -0.3 is 4.55 Å². The van der Waals surface area contributed by atoms with Crippen molar-refractivity contribution in [3.8, 4) is 0 Å². The minimum absolute atomic E-state index is 0. The molecular formula is C14H27NaO2S. The predicted octanol–water partition coefficient (Wildman–Crippen LogP) is 1.69. The minimum atomic E-state index is -2.01. The van der Waals surface area contributed by atoms with Gasteiger partial charge in [0.1, 0.15) is 0 Å². The normalized spacial score (nSPS) is 12.6. The first-order chi connectivity index (χ1) is 8.27. The maximum atomic E-state index is 10.2. The van der Waals surface area contributed by atoms with Crippen LogP contribution in [0.15, 0.2) is 11.5 Å². The molecule has 0 aromatic carbocycles. The fraction of sp³-hybridized carbons (Fsp3) is 0.857. The summed E-state index contributed by atoms with van der Waals surface area (Å²) in [7, 11) is 0. The number of hydrogen-bond acceptors (Lipinski definition) is 2. The average Bonchev–Trinajstić information content (AvgIpc) is 2.30. The Morgan fingerprint density at radius 2 is 1.33 bits per heavy atom. The van der Waals surface area contributed by atoms with Gasteiger partial charge in [-0.1, -0.05) is 70.8 Å². The molecule has 1 atom stereocenters. The van der Waals surface area contributed by atoms with E-state index in [9.17, 15) is 8.76 Å². The van der Waals surface area contributed by atoms with Crippen LogP contribution in [0.5, 0.6) is 0 Å². The predicted molar refractivity (Wildman–Crippen MR) is 74.5 cm³/mol. The van der Waals surface area contributed by atoms with Gasteiger partial charge in [0.25, 0.3) is 0 Å². The van der Waals surface area contributed by atoms with Crippen LogP contribution in [-0.4, -0.2) is 8.76 Å². The van der Waals surface area contributed by atoms with Crippen LogP contribution in [0.2, 0.25) is 0 Å². The van der Waals surface area contributed by atoms with Gasteiger partial charge in [-0.25, -0.2) is 0 Å². The topological polar surface area (TPSA) is 40.1 Å². The molecule has 18 heavy (non-hydrogen) atoms. The van der Waals surface area contributed by atoms with Crippen molar-refractivity contribution in [1.82, 2.24) is 0 Å². The summed E-state index contributed by atoms with van der Waals surface area (Å²) in [4.78, 5) is 0. The average molecular weight is 282 g/mol. The van der Waals surface area contributed by atoms with Crippen LogP contribution in [0.1, 0.15) is 77.6 Å². The van der Waals surface area contributed by atoms with E-state index in [0.29, 0.717) is 0 Å². The molecule has 0 radical (unpaired) electrons. The fourth-order valence-electron chi connectivity index (χ4n) is 1.90. The molecule has 2 nitrogen and oxygen atoms in total. The van der Waals surface area contributed by atoms with Gasteiger partial charge in [-0.15, -0.1) is 0 Å². The summed E-state index contributed by atoms with van der Waals surface area (Å²) in [5.41, 5.74) is 0. The van der Waals surface area contributed by atoms with Crippen LogP contribution in [0.4, 0.5) is 0 Å². The molecular weight excluding hydrogens is 255 g/mol. The Kier molecular flexibility index (Phi) is 21.0. The Morgan fingerprint density at radius 1 is 0.889 bits per heavy atom. The first kappa shape index (κ1) is 21.2. The van der Waals surface area contributed by atoms with Gasteiger partial charge in [0.2, 0.25) is 0 Å². The van der Waals surface area contributed by atoms with Crippen LogP contribution in [0.3, 0.4) is 0 Å². The van der Waals surface area contributed by atoms with E-state index in [1.807, 2.05) is 0 Å². The summed E-state index contributed by atoms with van der Waals surface area (Å²) in [6.07, 6.45) is 15.9. The Bertz CT molecular complexity index is 208. The quantitative estimate of drug-likeness (QED) is 0.310. The van der Waals surface area contributed by atoms with E-state index in [2.05, 4.69) is 6.92 Å². The van der Waals surface area contributed by atoms with Crippen LogP contribution in [0, 0.1) is 0 Å². The van der Waals surface area contributed by atoms with Gasteiger partial charge in [0, 0.05) is 0 Å². The molecule has 0 heterocycles. The van der Waals surface area contributed by atoms with Crippen molar-refractivity contribution in [3.05, 3.63) is 11.5 Å². The van der Waals surface area contributed by atoms with E-state index in [-0.39, 0.29) is 29.6 Å². The molecule has 0 fully saturated rings. The van der Waals surface area contributed by atoms with Crippen molar-refractivity contribution in [3.63, 3.8) is 0 Å². The van der Waals surface area contributed by atoms with Crippen LogP contribution < -0.4 is 29.6 Å². The molecule has 102 valence electrons. The molecule has 0 bridgehead atoms. The molecule has 0 N–H and O–H groups in total. The van der Waals surface area contributed by atoms with Gasteiger partial charge in [-0.05, 0) is 29.3 Å². The molecule has 4 heteroatoms. The monoisotopic (exact) mass is 282 g/mol. The number of unbranched alkanes of at least 4 members (excludes halogenated alkanes) is 10. The molecule has 0 rings (SSSR count). The van der Waals surface area contributed by atoms with E-state index in [1.165, 1.54) is 63.2 Å². The van der Waals surface area contributed by atoms with Gasteiger partial charge >= 0.3 is 29.6 Å². The smallest absolute Gasteiger partial charge is 0.769 e. The first-order valence-corrected chi connectivity index (χ1v) is 8.16. The Morgan fingerprint density at radius 3 is 1.78 bits per heavy atom. The summed E-state index contributed by atoms with van der Waals surface area (Å²) >= 11 is -2.01. The Hall–Kier alpha value is 0.850. The summed E-state index contributed by atoms with van der Waals surface area (Å²) in [5.74, 6) is 0. The van der Waals surface area contributed by atoms with Gasteiger partial charge in [-0.2, -0.15) is 0 Å². The first-order valence-electron chi connectivity index (χ1n) is 7.02. The molecule has 0 spiro atoms. The third-order valence-electron chi connectivity index (χ3n) is 2.93. The largest absolute Gasteiger partial charge is 1.00 e. The van der Waals surface area contributed by atoms with E-state index in [4.69, 9.17) is 0 Å². The second-order valence-corrected chi connectivity index (χ2v) is 5.40. The molecule has 0 aliphatic heterocycles. The summed E-state index contributed by atoms with van der Waals surface area (Å²) in [6.45, 7) is 2.25. The fourth-order valence-corrected chi connectivity index (χ4v) is 2.19. The zero-order valence-electron chi connectivity index (χ0n) is 12.2. The summed E-state index contributed by atoms with van der Waals surface area (Å²) in [6, 6.07) is 0. The minimum Gasteiger partial charge on any atom is -0.769 e. The third kappa shape index (κ3) is 19.2. The van der Waals surface area contributed by atoms with E-state index >= 15 is 0 Å². The second-order valence-electron chi connectivity index (χ2n) is 4.60. The zero-order valence-corrected chi connectivity index (χ0v) is 15.0. The van der Waals surface area contributed by atoms with Crippen molar-refractivity contribution in [2.24, 2.45) is 0 Å². The number of hydrogen-bond donors (Lipinski definition) is 0. The Labute approximate surface area is 138 Å². The van der Waals surface area contributed by atoms with Gasteiger partial charge in [0.05, 0.1) is 0 Å². The maximum Gasteiger partial charge on any atom is 1.00 e. The second kappa shape index (κ2) is 17.8. The maximum absolute atomic E-state index is 10.2. The van der Waals surface area contributed by atoms with Crippen molar-refractivity contribution in [1.29, 1.82) is 0 Å². The zero-order chi connectivity index (χ0) is 12.8. The molecule has 0 saturated heterocycles.